The van der Waals surface area contributed by atoms with Crippen molar-refractivity contribution in [3.63, 3.8) is 0 Å². The number of nitrogens with one attached hydrogen (secondary N) is 1. The molecule has 0 bridgehead atoms. The highest BCUT2D eigenvalue weighted by atomic mass is 16.6. The number of rotatable bonds is 3. The number of anilines is 2. The number of benzene rings is 1. The number of fused-ring (bicyclic) bond motifs is 1. The Bertz CT molecular complexity index is 588. The molecule has 1 saturated heterocycles. The van der Waals surface area contributed by atoms with Crippen LogP contribution in [0.3, 0.4) is 0 Å². The van der Waals surface area contributed by atoms with Crippen LogP contribution in [-0.2, 0) is 11.2 Å². The predicted octanol–water partition coefficient (Wildman–Crippen LogP) is 2.96. The third-order valence-electron chi connectivity index (χ3n) is 4.38. The summed E-state index contributed by atoms with van der Waals surface area (Å²) >= 11 is 0. The Hall–Kier alpha value is -1.91. The van der Waals surface area contributed by atoms with Crippen molar-refractivity contribution in [3.05, 3.63) is 23.8 Å². The van der Waals surface area contributed by atoms with Crippen LogP contribution in [-0.4, -0.2) is 49.8 Å². The number of amides is 1. The molecule has 0 aromatic heterocycles. The summed E-state index contributed by atoms with van der Waals surface area (Å²) in [5, 5.41) is 3.43. The van der Waals surface area contributed by atoms with E-state index in [0.29, 0.717) is 5.92 Å². The highest BCUT2D eigenvalue weighted by Gasteiger charge is 2.32. The molecule has 2 heterocycles. The van der Waals surface area contributed by atoms with E-state index in [1.807, 2.05) is 27.8 Å². The van der Waals surface area contributed by atoms with Crippen LogP contribution in [0.4, 0.5) is 16.2 Å². The van der Waals surface area contributed by atoms with Crippen molar-refractivity contribution in [2.24, 2.45) is 5.92 Å². The molecule has 2 aliphatic heterocycles. The topological polar surface area (TPSA) is 44.8 Å². The van der Waals surface area contributed by atoms with Gasteiger partial charge in [-0.2, -0.15) is 0 Å². The molecule has 0 saturated carbocycles. The van der Waals surface area contributed by atoms with Gasteiger partial charge in [0.05, 0.1) is 0 Å². The van der Waals surface area contributed by atoms with Crippen molar-refractivity contribution in [2.75, 3.05) is 43.4 Å². The molecular weight excluding hydrogens is 290 g/mol. The third-order valence-corrected chi connectivity index (χ3v) is 4.38. The Labute approximate surface area is 138 Å². The van der Waals surface area contributed by atoms with Gasteiger partial charge >= 0.3 is 6.09 Å². The first-order chi connectivity index (χ1) is 10.8. The lowest BCUT2D eigenvalue weighted by Crippen LogP contribution is -2.52. The highest BCUT2D eigenvalue weighted by molar-refractivity contribution is 5.70. The van der Waals surface area contributed by atoms with Crippen molar-refractivity contribution < 1.29 is 9.53 Å². The van der Waals surface area contributed by atoms with Crippen molar-refractivity contribution >= 4 is 17.5 Å². The van der Waals surface area contributed by atoms with Gasteiger partial charge in [0, 0.05) is 56.1 Å². The molecule has 126 valence electrons. The summed E-state index contributed by atoms with van der Waals surface area (Å²) < 4.78 is 5.41. The van der Waals surface area contributed by atoms with Gasteiger partial charge in [0.15, 0.2) is 0 Å². The van der Waals surface area contributed by atoms with E-state index in [4.69, 9.17) is 4.74 Å². The van der Waals surface area contributed by atoms with Gasteiger partial charge in [0.2, 0.25) is 0 Å². The Morgan fingerprint density at radius 2 is 2.13 bits per heavy atom. The van der Waals surface area contributed by atoms with E-state index in [-0.39, 0.29) is 6.09 Å². The van der Waals surface area contributed by atoms with Crippen LogP contribution in [0.2, 0.25) is 0 Å². The molecule has 3 rings (SSSR count). The maximum absolute atomic E-state index is 12.0. The van der Waals surface area contributed by atoms with E-state index in [1.54, 1.807) is 4.90 Å². The molecule has 0 atom stereocenters. The fourth-order valence-electron chi connectivity index (χ4n) is 3.31. The Balaban J connectivity index is 1.52. The molecule has 23 heavy (non-hydrogen) atoms. The maximum Gasteiger partial charge on any atom is 0.410 e. The van der Waals surface area contributed by atoms with Gasteiger partial charge in [-0.15, -0.1) is 0 Å². The number of ether oxygens (including phenoxy) is 1. The molecule has 1 aromatic carbocycles. The van der Waals surface area contributed by atoms with E-state index in [9.17, 15) is 4.79 Å². The van der Waals surface area contributed by atoms with Gasteiger partial charge in [0.25, 0.3) is 0 Å². The van der Waals surface area contributed by atoms with E-state index in [1.165, 1.54) is 16.9 Å². The normalized spacial score (nSPS) is 17.3. The second kappa shape index (κ2) is 5.95. The lowest BCUT2D eigenvalue weighted by molar-refractivity contribution is 0.0265. The Morgan fingerprint density at radius 3 is 2.83 bits per heavy atom. The van der Waals surface area contributed by atoms with Crippen molar-refractivity contribution in [3.8, 4) is 0 Å². The van der Waals surface area contributed by atoms with Gasteiger partial charge < -0.3 is 19.9 Å². The smallest absolute Gasteiger partial charge is 0.410 e. The molecule has 0 radical (unpaired) electrons. The fourth-order valence-corrected chi connectivity index (χ4v) is 3.31. The largest absolute Gasteiger partial charge is 0.444 e. The SMILES string of the molecule is CN(CC1CN(c2cccc3c2CCN3)C1)C(=O)OC(C)(C)C. The summed E-state index contributed by atoms with van der Waals surface area (Å²) in [5.74, 6) is 0.512. The minimum Gasteiger partial charge on any atom is -0.444 e. The van der Waals surface area contributed by atoms with Crippen molar-refractivity contribution in [2.45, 2.75) is 32.8 Å². The molecule has 5 nitrogen and oxygen atoms in total. The van der Waals surface area contributed by atoms with E-state index in [2.05, 4.69) is 28.4 Å². The summed E-state index contributed by atoms with van der Waals surface area (Å²) in [6.07, 6.45) is 0.866. The monoisotopic (exact) mass is 317 g/mol. The summed E-state index contributed by atoms with van der Waals surface area (Å²) in [6, 6.07) is 6.48. The molecule has 1 N–H and O–H groups in total. The zero-order chi connectivity index (χ0) is 16.6. The van der Waals surface area contributed by atoms with Crippen LogP contribution < -0.4 is 10.2 Å². The summed E-state index contributed by atoms with van der Waals surface area (Å²) in [5.41, 5.74) is 3.63. The van der Waals surface area contributed by atoms with Gasteiger partial charge in [0.1, 0.15) is 5.60 Å². The minimum absolute atomic E-state index is 0.235. The average Bonchev–Trinajstić information content (AvgIpc) is 2.88. The lowest BCUT2D eigenvalue weighted by atomic mass is 9.96. The molecule has 2 aliphatic rings. The average molecular weight is 317 g/mol. The van der Waals surface area contributed by atoms with Gasteiger partial charge in [-0.3, -0.25) is 0 Å². The molecule has 0 aliphatic carbocycles. The van der Waals surface area contributed by atoms with Gasteiger partial charge in [-0.1, -0.05) is 6.07 Å². The van der Waals surface area contributed by atoms with Crippen LogP contribution in [0.15, 0.2) is 18.2 Å². The fraction of sp³-hybridized carbons (Fsp3) is 0.611. The lowest BCUT2D eigenvalue weighted by Gasteiger charge is -2.43. The van der Waals surface area contributed by atoms with E-state index < -0.39 is 5.60 Å². The van der Waals surface area contributed by atoms with E-state index in [0.717, 1.165) is 32.6 Å². The second-order valence-corrected chi connectivity index (χ2v) is 7.61. The van der Waals surface area contributed by atoms with Gasteiger partial charge in [-0.05, 0) is 39.3 Å². The molecule has 5 heteroatoms. The van der Waals surface area contributed by atoms with E-state index >= 15 is 0 Å². The number of carbonyl (C=O) groups is 1. The first kappa shape index (κ1) is 16.0. The molecule has 1 aromatic rings. The van der Waals surface area contributed by atoms with Crippen LogP contribution in [0.5, 0.6) is 0 Å². The molecule has 0 spiro atoms. The quantitative estimate of drug-likeness (QED) is 0.931. The van der Waals surface area contributed by atoms with Crippen LogP contribution in [0, 0.1) is 5.92 Å². The number of hydrogen-bond donors (Lipinski definition) is 1. The molecule has 1 fully saturated rings. The minimum atomic E-state index is -0.436. The zero-order valence-corrected chi connectivity index (χ0v) is 14.6. The second-order valence-electron chi connectivity index (χ2n) is 7.61. The first-order valence-corrected chi connectivity index (χ1v) is 8.38. The van der Waals surface area contributed by atoms with Gasteiger partial charge in [-0.25, -0.2) is 4.79 Å². The highest BCUT2D eigenvalue weighted by Crippen LogP contribution is 2.35. The summed E-state index contributed by atoms with van der Waals surface area (Å²) in [6.45, 7) is 9.48. The zero-order valence-electron chi connectivity index (χ0n) is 14.6. The standard InChI is InChI=1S/C18H27N3O2/c1-18(2,3)23-17(22)20(4)10-13-11-21(12-13)16-7-5-6-15-14(16)8-9-19-15/h5-7,13,19H,8-12H2,1-4H3. The number of carbonyl (C=O) groups excluding carboxylic acids is 1. The molecule has 1 amide bonds. The Kier molecular flexibility index (Phi) is 4.13. The first-order valence-electron chi connectivity index (χ1n) is 8.38. The summed E-state index contributed by atoms with van der Waals surface area (Å²) in [4.78, 5) is 16.1. The molecular formula is C18H27N3O2. The summed E-state index contributed by atoms with van der Waals surface area (Å²) in [7, 11) is 1.82. The van der Waals surface area contributed by atoms with Crippen LogP contribution in [0.25, 0.3) is 0 Å². The predicted molar refractivity (Wildman–Crippen MR) is 93.2 cm³/mol. The Morgan fingerprint density at radius 1 is 1.39 bits per heavy atom. The third kappa shape index (κ3) is 3.54. The number of hydrogen-bond acceptors (Lipinski definition) is 4. The molecule has 0 unspecified atom stereocenters. The van der Waals surface area contributed by atoms with Crippen molar-refractivity contribution in [1.29, 1.82) is 0 Å². The van der Waals surface area contributed by atoms with Crippen LogP contribution in [0.1, 0.15) is 26.3 Å². The maximum atomic E-state index is 12.0. The van der Waals surface area contributed by atoms with Crippen molar-refractivity contribution in [1.82, 2.24) is 4.90 Å². The number of nitrogens with zero attached hydrogens (tertiary/aromatic N) is 2. The van der Waals surface area contributed by atoms with Crippen LogP contribution >= 0.6 is 0 Å².